The molecule has 16 heavy (non-hydrogen) atoms. The zero-order chi connectivity index (χ0) is 10.8. The summed E-state index contributed by atoms with van der Waals surface area (Å²) in [6, 6.07) is 10.3. The van der Waals surface area contributed by atoms with Crippen molar-refractivity contribution < 1.29 is 4.74 Å². The van der Waals surface area contributed by atoms with Crippen molar-refractivity contribution >= 4 is 6.08 Å². The second-order valence-corrected chi connectivity index (χ2v) is 5.06. The Balaban J connectivity index is 1.55. The molecule has 2 fully saturated rings. The molecule has 0 spiro atoms. The Morgan fingerprint density at radius 2 is 1.94 bits per heavy atom. The molecule has 1 heteroatoms. The van der Waals surface area contributed by atoms with Crippen molar-refractivity contribution in [1.82, 2.24) is 0 Å². The van der Waals surface area contributed by atoms with E-state index < -0.39 is 0 Å². The minimum Gasteiger partial charge on any atom is -0.498 e. The lowest BCUT2D eigenvalue weighted by Gasteiger charge is -2.20. The third-order valence-corrected chi connectivity index (χ3v) is 3.99. The van der Waals surface area contributed by atoms with E-state index in [1.165, 1.54) is 31.2 Å². The molecular formula is C15H18O. The summed E-state index contributed by atoms with van der Waals surface area (Å²) in [6.07, 6.45) is 9.96. The number of hydrogen-bond donors (Lipinski definition) is 0. The van der Waals surface area contributed by atoms with Crippen molar-refractivity contribution in [1.29, 1.82) is 0 Å². The van der Waals surface area contributed by atoms with Crippen LogP contribution in [-0.2, 0) is 4.74 Å². The average Bonchev–Trinajstić information content (AvgIpc) is 2.92. The number of fused-ring (bicyclic) bond motifs is 2. The van der Waals surface area contributed by atoms with Gasteiger partial charge in [0, 0.05) is 0 Å². The summed E-state index contributed by atoms with van der Waals surface area (Å²) >= 11 is 0. The Labute approximate surface area is 97.1 Å². The van der Waals surface area contributed by atoms with Crippen LogP contribution in [0.3, 0.4) is 0 Å². The summed E-state index contributed by atoms with van der Waals surface area (Å²) in [6.45, 7) is 0. The molecule has 3 rings (SSSR count). The molecule has 0 N–H and O–H groups in total. The molecule has 1 aromatic carbocycles. The SMILES string of the molecule is C(=Cc1ccccc1)OC1CC2CCC1C2. The first-order chi connectivity index (χ1) is 7.92. The molecule has 2 bridgehead atoms. The second kappa shape index (κ2) is 4.32. The van der Waals surface area contributed by atoms with Crippen molar-refractivity contribution in [3.8, 4) is 0 Å². The standard InChI is InChI=1S/C15H18O/c1-2-4-12(5-3-1)8-9-16-15-11-13-6-7-14(15)10-13/h1-5,8-9,13-15H,6-7,10-11H2. The van der Waals surface area contributed by atoms with Crippen LogP contribution in [-0.4, -0.2) is 6.10 Å². The number of ether oxygens (including phenoxy) is 1. The van der Waals surface area contributed by atoms with Gasteiger partial charge < -0.3 is 4.74 Å². The summed E-state index contributed by atoms with van der Waals surface area (Å²) in [5.74, 6) is 1.80. The number of hydrogen-bond acceptors (Lipinski definition) is 1. The Morgan fingerprint density at radius 1 is 1.06 bits per heavy atom. The molecule has 0 radical (unpaired) electrons. The Kier molecular flexibility index (Phi) is 2.69. The molecule has 0 aromatic heterocycles. The molecule has 0 aliphatic heterocycles. The van der Waals surface area contributed by atoms with Gasteiger partial charge >= 0.3 is 0 Å². The monoisotopic (exact) mass is 214 g/mol. The van der Waals surface area contributed by atoms with Gasteiger partial charge in [-0.3, -0.25) is 0 Å². The second-order valence-electron chi connectivity index (χ2n) is 5.06. The Hall–Kier alpha value is -1.24. The van der Waals surface area contributed by atoms with Gasteiger partial charge in [0.15, 0.2) is 0 Å². The predicted molar refractivity (Wildman–Crippen MR) is 65.8 cm³/mol. The zero-order valence-electron chi connectivity index (χ0n) is 9.51. The van der Waals surface area contributed by atoms with Crippen LogP contribution in [0, 0.1) is 11.8 Å². The summed E-state index contributed by atoms with van der Waals surface area (Å²) in [4.78, 5) is 0. The first-order valence-electron chi connectivity index (χ1n) is 6.29. The molecule has 3 atom stereocenters. The van der Waals surface area contributed by atoms with Gasteiger partial charge in [0.1, 0.15) is 6.10 Å². The highest BCUT2D eigenvalue weighted by atomic mass is 16.5. The topological polar surface area (TPSA) is 9.23 Å². The van der Waals surface area contributed by atoms with E-state index in [0.29, 0.717) is 6.10 Å². The predicted octanol–water partition coefficient (Wildman–Crippen LogP) is 3.86. The van der Waals surface area contributed by atoms with Gasteiger partial charge in [-0.15, -0.1) is 0 Å². The van der Waals surface area contributed by atoms with Crippen molar-refractivity contribution in [2.24, 2.45) is 11.8 Å². The fraction of sp³-hybridized carbons (Fsp3) is 0.467. The largest absolute Gasteiger partial charge is 0.498 e. The van der Waals surface area contributed by atoms with Gasteiger partial charge in [-0.25, -0.2) is 0 Å². The molecule has 0 amide bonds. The van der Waals surface area contributed by atoms with Crippen molar-refractivity contribution in [3.05, 3.63) is 42.2 Å². The third-order valence-electron chi connectivity index (χ3n) is 3.99. The van der Waals surface area contributed by atoms with E-state index in [-0.39, 0.29) is 0 Å². The van der Waals surface area contributed by atoms with E-state index in [4.69, 9.17) is 4.74 Å². The first kappa shape index (κ1) is 9.95. The summed E-state index contributed by atoms with van der Waals surface area (Å²) in [5.41, 5.74) is 1.21. The minimum atomic E-state index is 0.499. The smallest absolute Gasteiger partial charge is 0.101 e. The lowest BCUT2D eigenvalue weighted by Crippen LogP contribution is -2.17. The summed E-state index contributed by atoms with van der Waals surface area (Å²) in [7, 11) is 0. The molecule has 1 nitrogen and oxygen atoms in total. The Morgan fingerprint density at radius 3 is 2.62 bits per heavy atom. The van der Waals surface area contributed by atoms with E-state index in [1.807, 2.05) is 12.3 Å². The highest BCUT2D eigenvalue weighted by Crippen LogP contribution is 2.45. The molecule has 2 saturated carbocycles. The third kappa shape index (κ3) is 1.99. The van der Waals surface area contributed by atoms with Crippen molar-refractivity contribution in [3.63, 3.8) is 0 Å². The van der Waals surface area contributed by atoms with Crippen LogP contribution in [0.1, 0.15) is 31.2 Å². The Bertz CT molecular complexity index is 368. The maximum Gasteiger partial charge on any atom is 0.101 e. The normalized spacial score (nSPS) is 32.4. The quantitative estimate of drug-likeness (QED) is 0.694. The lowest BCUT2D eigenvalue weighted by atomic mass is 9.98. The molecule has 84 valence electrons. The van der Waals surface area contributed by atoms with Gasteiger partial charge in [-0.05, 0) is 49.2 Å². The van der Waals surface area contributed by atoms with Crippen LogP contribution in [0.15, 0.2) is 36.6 Å². The fourth-order valence-electron chi connectivity index (χ4n) is 3.14. The maximum absolute atomic E-state index is 5.86. The van der Waals surface area contributed by atoms with Gasteiger partial charge in [0.2, 0.25) is 0 Å². The molecule has 0 saturated heterocycles. The van der Waals surface area contributed by atoms with Gasteiger partial charge in [0.05, 0.1) is 6.26 Å². The van der Waals surface area contributed by atoms with Crippen LogP contribution in [0.4, 0.5) is 0 Å². The van der Waals surface area contributed by atoms with E-state index >= 15 is 0 Å². The maximum atomic E-state index is 5.86. The van der Waals surface area contributed by atoms with E-state index in [2.05, 4.69) is 30.3 Å². The van der Waals surface area contributed by atoms with Crippen molar-refractivity contribution in [2.75, 3.05) is 0 Å². The molecular weight excluding hydrogens is 196 g/mol. The van der Waals surface area contributed by atoms with E-state index in [0.717, 1.165) is 11.8 Å². The molecule has 2 aliphatic carbocycles. The van der Waals surface area contributed by atoms with Crippen LogP contribution in [0.2, 0.25) is 0 Å². The minimum absolute atomic E-state index is 0.499. The van der Waals surface area contributed by atoms with E-state index in [1.54, 1.807) is 0 Å². The average molecular weight is 214 g/mol. The number of benzene rings is 1. The highest BCUT2D eigenvalue weighted by Gasteiger charge is 2.40. The molecule has 3 unspecified atom stereocenters. The van der Waals surface area contributed by atoms with Crippen LogP contribution >= 0.6 is 0 Å². The van der Waals surface area contributed by atoms with Crippen LogP contribution in [0.5, 0.6) is 0 Å². The fourth-order valence-corrected chi connectivity index (χ4v) is 3.14. The number of rotatable bonds is 3. The van der Waals surface area contributed by atoms with Crippen LogP contribution in [0.25, 0.3) is 6.08 Å². The van der Waals surface area contributed by atoms with E-state index in [9.17, 15) is 0 Å². The lowest BCUT2D eigenvalue weighted by molar-refractivity contribution is 0.0924. The van der Waals surface area contributed by atoms with Gasteiger partial charge in [-0.2, -0.15) is 0 Å². The zero-order valence-corrected chi connectivity index (χ0v) is 9.51. The molecule has 1 aromatic rings. The summed E-state index contributed by atoms with van der Waals surface area (Å²) < 4.78 is 5.86. The van der Waals surface area contributed by atoms with Gasteiger partial charge in [0.25, 0.3) is 0 Å². The highest BCUT2D eigenvalue weighted by molar-refractivity contribution is 5.47. The molecule has 2 aliphatic rings. The first-order valence-corrected chi connectivity index (χ1v) is 6.29. The van der Waals surface area contributed by atoms with Gasteiger partial charge in [-0.1, -0.05) is 30.3 Å². The van der Waals surface area contributed by atoms with Crippen LogP contribution < -0.4 is 0 Å². The van der Waals surface area contributed by atoms with Crippen molar-refractivity contribution in [2.45, 2.75) is 31.8 Å². The summed E-state index contributed by atoms with van der Waals surface area (Å²) in [5, 5.41) is 0. The molecule has 0 heterocycles.